The molecule has 0 bridgehead atoms. The monoisotopic (exact) mass is 195 g/mol. The molecule has 1 aromatic rings. The highest BCUT2D eigenvalue weighted by atomic mass is 16.1. The van der Waals surface area contributed by atoms with Crippen molar-refractivity contribution in [3.05, 3.63) is 24.5 Å². The summed E-state index contributed by atoms with van der Waals surface area (Å²) < 4.78 is 1.53. The first-order valence-electron chi connectivity index (χ1n) is 4.86. The maximum absolute atomic E-state index is 10.5. The highest BCUT2D eigenvalue weighted by Gasteiger charge is 1.91. The molecule has 78 valence electrons. The second kappa shape index (κ2) is 6.34. The lowest BCUT2D eigenvalue weighted by atomic mass is 10.4. The van der Waals surface area contributed by atoms with Crippen LogP contribution in [0.4, 0.5) is 0 Å². The van der Waals surface area contributed by atoms with Gasteiger partial charge < -0.3 is 10.6 Å². The number of carbonyl (C=O) groups excluding carboxylic acids is 1. The molecule has 2 N–H and O–H groups in total. The molecule has 1 saturated heterocycles. The Bertz CT molecular complexity index is 241. The first-order chi connectivity index (χ1) is 6.80. The number of hydrogen-bond acceptors (Lipinski definition) is 3. The lowest BCUT2D eigenvalue weighted by molar-refractivity contribution is 0.0937. The van der Waals surface area contributed by atoms with Crippen molar-refractivity contribution >= 4 is 5.91 Å². The summed E-state index contributed by atoms with van der Waals surface area (Å²) in [4.78, 5) is 10.5. The van der Waals surface area contributed by atoms with Crippen molar-refractivity contribution in [2.24, 2.45) is 0 Å². The van der Waals surface area contributed by atoms with Gasteiger partial charge in [-0.2, -0.15) is 0 Å². The van der Waals surface area contributed by atoms with Crippen LogP contribution in [0.25, 0.3) is 0 Å². The summed E-state index contributed by atoms with van der Waals surface area (Å²) >= 11 is 0. The molecular weight excluding hydrogens is 178 g/mol. The predicted molar refractivity (Wildman–Crippen MR) is 56.5 cm³/mol. The third-order valence-corrected chi connectivity index (χ3v) is 1.93. The molecule has 4 nitrogen and oxygen atoms in total. The summed E-state index contributed by atoms with van der Waals surface area (Å²) in [6, 6.07) is 3.64. The molecule has 1 aromatic heterocycles. The van der Waals surface area contributed by atoms with Crippen molar-refractivity contribution in [3.63, 3.8) is 0 Å². The van der Waals surface area contributed by atoms with E-state index >= 15 is 0 Å². The van der Waals surface area contributed by atoms with Gasteiger partial charge in [-0.25, -0.2) is 0 Å². The standard InChI is InChI=1S/C6H7NO.C4H10N2/c1-6(8)7-4-2-3-5-7;1-2-6-4-3-5-1/h2-5H,1H3;5-6H,1-4H2. The molecule has 4 heteroatoms. The van der Waals surface area contributed by atoms with Gasteiger partial charge in [-0.05, 0) is 12.1 Å². The van der Waals surface area contributed by atoms with Crippen LogP contribution in [0.2, 0.25) is 0 Å². The largest absolute Gasteiger partial charge is 0.314 e. The Labute approximate surface area is 84.3 Å². The van der Waals surface area contributed by atoms with Crippen LogP contribution in [-0.2, 0) is 0 Å². The van der Waals surface area contributed by atoms with E-state index in [1.54, 1.807) is 12.4 Å². The van der Waals surface area contributed by atoms with Gasteiger partial charge in [0, 0.05) is 45.5 Å². The minimum Gasteiger partial charge on any atom is -0.314 e. The number of hydrogen-bond donors (Lipinski definition) is 2. The molecule has 2 heterocycles. The van der Waals surface area contributed by atoms with Crippen molar-refractivity contribution in [1.82, 2.24) is 15.2 Å². The van der Waals surface area contributed by atoms with Crippen molar-refractivity contribution in [2.45, 2.75) is 6.92 Å². The maximum Gasteiger partial charge on any atom is 0.227 e. The molecule has 0 unspecified atom stereocenters. The fourth-order valence-corrected chi connectivity index (χ4v) is 1.15. The Balaban J connectivity index is 0.000000146. The Hall–Kier alpha value is -1.13. The molecule has 14 heavy (non-hydrogen) atoms. The Morgan fingerprint density at radius 1 is 1.07 bits per heavy atom. The van der Waals surface area contributed by atoms with E-state index in [-0.39, 0.29) is 5.91 Å². The van der Waals surface area contributed by atoms with Gasteiger partial charge >= 0.3 is 0 Å². The molecule has 0 radical (unpaired) electrons. The molecule has 1 aliphatic rings. The van der Waals surface area contributed by atoms with E-state index in [9.17, 15) is 4.79 Å². The second-order valence-electron chi connectivity index (χ2n) is 3.11. The third kappa shape index (κ3) is 4.20. The van der Waals surface area contributed by atoms with Crippen LogP contribution in [0.3, 0.4) is 0 Å². The second-order valence-corrected chi connectivity index (χ2v) is 3.11. The van der Waals surface area contributed by atoms with Crippen LogP contribution < -0.4 is 10.6 Å². The summed E-state index contributed by atoms with van der Waals surface area (Å²) in [6.45, 7) is 6.08. The Morgan fingerprint density at radius 3 is 1.71 bits per heavy atom. The van der Waals surface area contributed by atoms with E-state index in [0.29, 0.717) is 0 Å². The first-order valence-corrected chi connectivity index (χ1v) is 4.86. The van der Waals surface area contributed by atoms with Gasteiger partial charge in [0.15, 0.2) is 0 Å². The van der Waals surface area contributed by atoms with Crippen LogP contribution >= 0.6 is 0 Å². The highest BCUT2D eigenvalue weighted by Crippen LogP contribution is 1.87. The predicted octanol–water partition coefficient (Wildman–Crippen LogP) is 0.327. The average Bonchev–Trinajstić information content (AvgIpc) is 2.74. The van der Waals surface area contributed by atoms with Crippen molar-refractivity contribution < 1.29 is 4.79 Å². The fraction of sp³-hybridized carbons (Fsp3) is 0.500. The van der Waals surface area contributed by atoms with Crippen molar-refractivity contribution in [3.8, 4) is 0 Å². The van der Waals surface area contributed by atoms with Crippen LogP contribution in [0, 0.1) is 0 Å². The summed E-state index contributed by atoms with van der Waals surface area (Å²) in [5.41, 5.74) is 0. The minimum absolute atomic E-state index is 0.0509. The molecule has 1 fully saturated rings. The molecule has 0 amide bonds. The molecule has 0 spiro atoms. The topological polar surface area (TPSA) is 46.1 Å². The number of piperazine rings is 1. The molecular formula is C10H17N3O. The summed E-state index contributed by atoms with van der Waals surface area (Å²) in [6.07, 6.45) is 3.45. The van der Waals surface area contributed by atoms with E-state index in [2.05, 4.69) is 10.6 Å². The van der Waals surface area contributed by atoms with Gasteiger partial charge in [0.1, 0.15) is 0 Å². The SMILES string of the molecule is C1CNCCN1.CC(=O)n1cccc1. The molecule has 0 atom stereocenters. The highest BCUT2D eigenvalue weighted by molar-refractivity contribution is 5.75. The Morgan fingerprint density at radius 2 is 1.50 bits per heavy atom. The van der Waals surface area contributed by atoms with Gasteiger partial charge in [-0.3, -0.25) is 9.36 Å². The fourth-order valence-electron chi connectivity index (χ4n) is 1.15. The van der Waals surface area contributed by atoms with E-state index in [1.807, 2.05) is 12.1 Å². The smallest absolute Gasteiger partial charge is 0.227 e. The molecule has 0 aliphatic carbocycles. The molecule has 2 rings (SSSR count). The van der Waals surface area contributed by atoms with Crippen LogP contribution in [0.1, 0.15) is 11.7 Å². The first kappa shape index (κ1) is 10.9. The van der Waals surface area contributed by atoms with Crippen LogP contribution in [0.5, 0.6) is 0 Å². The van der Waals surface area contributed by atoms with Gasteiger partial charge in [-0.15, -0.1) is 0 Å². The molecule has 0 saturated carbocycles. The lowest BCUT2D eigenvalue weighted by Gasteiger charge is -2.11. The molecule has 0 aromatic carbocycles. The number of rotatable bonds is 0. The van der Waals surface area contributed by atoms with Crippen LogP contribution in [-0.4, -0.2) is 36.7 Å². The zero-order valence-corrected chi connectivity index (χ0v) is 8.49. The Kier molecular flexibility index (Phi) is 4.96. The van der Waals surface area contributed by atoms with Crippen molar-refractivity contribution in [2.75, 3.05) is 26.2 Å². The number of carbonyl (C=O) groups is 1. The number of aromatic nitrogens is 1. The summed E-state index contributed by atoms with van der Waals surface area (Å²) in [5, 5.41) is 6.44. The summed E-state index contributed by atoms with van der Waals surface area (Å²) in [5.74, 6) is 0.0509. The van der Waals surface area contributed by atoms with E-state index in [1.165, 1.54) is 11.5 Å². The number of nitrogens with zero attached hydrogens (tertiary/aromatic N) is 1. The average molecular weight is 195 g/mol. The zero-order valence-electron chi connectivity index (χ0n) is 8.49. The normalized spacial score (nSPS) is 15.5. The number of nitrogens with one attached hydrogen (secondary N) is 2. The van der Waals surface area contributed by atoms with Crippen molar-refractivity contribution in [1.29, 1.82) is 0 Å². The van der Waals surface area contributed by atoms with Gasteiger partial charge in [0.2, 0.25) is 5.91 Å². The van der Waals surface area contributed by atoms with Gasteiger partial charge in [0.05, 0.1) is 0 Å². The van der Waals surface area contributed by atoms with Crippen LogP contribution in [0.15, 0.2) is 24.5 Å². The van der Waals surface area contributed by atoms with Gasteiger partial charge in [-0.1, -0.05) is 0 Å². The third-order valence-electron chi connectivity index (χ3n) is 1.93. The summed E-state index contributed by atoms with van der Waals surface area (Å²) in [7, 11) is 0. The minimum atomic E-state index is 0.0509. The quantitative estimate of drug-likeness (QED) is 0.627. The van der Waals surface area contributed by atoms with E-state index in [4.69, 9.17) is 0 Å². The van der Waals surface area contributed by atoms with Gasteiger partial charge in [0.25, 0.3) is 0 Å². The van der Waals surface area contributed by atoms with E-state index in [0.717, 1.165) is 26.2 Å². The molecule has 1 aliphatic heterocycles. The van der Waals surface area contributed by atoms with E-state index < -0.39 is 0 Å². The lowest BCUT2D eigenvalue weighted by Crippen LogP contribution is -2.39. The maximum atomic E-state index is 10.5. The zero-order chi connectivity index (χ0) is 10.2.